The van der Waals surface area contributed by atoms with Crippen molar-refractivity contribution in [3.05, 3.63) is 12.7 Å². The van der Waals surface area contributed by atoms with Gasteiger partial charge >= 0.3 is 0 Å². The third-order valence-corrected chi connectivity index (χ3v) is 1.84. The van der Waals surface area contributed by atoms with Gasteiger partial charge in [0.1, 0.15) is 0 Å². The topological polar surface area (TPSA) is 3.24 Å². The zero-order chi connectivity index (χ0) is 6.53. The summed E-state index contributed by atoms with van der Waals surface area (Å²) in [7, 11) is 0. The zero-order valence-electron chi connectivity index (χ0n) is 5.97. The van der Waals surface area contributed by atoms with Crippen molar-refractivity contribution >= 4 is 0 Å². The molecule has 0 N–H and O–H groups in total. The minimum absolute atomic E-state index is 1.08. The Morgan fingerprint density at radius 2 is 2.44 bits per heavy atom. The Balaban J connectivity index is 2.15. The quantitative estimate of drug-likeness (QED) is 0.510. The maximum absolute atomic E-state index is 3.71. The molecule has 0 spiro atoms. The molecule has 0 aromatic rings. The van der Waals surface area contributed by atoms with Gasteiger partial charge in [0.2, 0.25) is 0 Å². The number of hydrogen-bond donors (Lipinski definition) is 0. The van der Waals surface area contributed by atoms with Crippen LogP contribution in [0.4, 0.5) is 0 Å². The molecule has 1 rings (SSSR count). The average Bonchev–Trinajstić information content (AvgIpc) is 1.91. The van der Waals surface area contributed by atoms with Gasteiger partial charge in [-0.25, -0.2) is 0 Å². The van der Waals surface area contributed by atoms with Crippen LogP contribution >= 0.6 is 0 Å². The SMILES string of the molecule is C=CCN1CCCC[14CH2]1. The van der Waals surface area contributed by atoms with Gasteiger partial charge < -0.3 is 0 Å². The lowest BCUT2D eigenvalue weighted by atomic mass is 10.3. The monoisotopic (exact) mass is 127 g/mol. The minimum Gasteiger partial charge on any atom is -0.300 e. The molecule has 1 fully saturated rings. The van der Waals surface area contributed by atoms with Crippen LogP contribution in [0.1, 0.15) is 19.3 Å². The van der Waals surface area contributed by atoms with Crippen LogP contribution in [0.15, 0.2) is 12.7 Å². The summed E-state index contributed by atoms with van der Waals surface area (Å²) < 4.78 is 0. The average molecular weight is 127 g/mol. The van der Waals surface area contributed by atoms with E-state index in [0.29, 0.717) is 0 Å². The first-order valence-corrected chi connectivity index (χ1v) is 3.77. The van der Waals surface area contributed by atoms with E-state index in [0.717, 1.165) is 6.54 Å². The van der Waals surface area contributed by atoms with Crippen LogP contribution in [0.2, 0.25) is 0 Å². The van der Waals surface area contributed by atoms with Gasteiger partial charge in [0.15, 0.2) is 0 Å². The minimum atomic E-state index is 1.08. The predicted octanol–water partition coefficient (Wildman–Crippen LogP) is 1.66. The van der Waals surface area contributed by atoms with Gasteiger partial charge in [-0.15, -0.1) is 6.58 Å². The van der Waals surface area contributed by atoms with Gasteiger partial charge in [-0.05, 0) is 25.9 Å². The summed E-state index contributed by atoms with van der Waals surface area (Å²) in [6.45, 7) is 7.36. The molecule has 1 aliphatic heterocycles. The fraction of sp³-hybridized carbons (Fsp3) is 0.750. The number of likely N-dealkylation sites (tertiary alicyclic amines) is 1. The highest BCUT2D eigenvalue weighted by Gasteiger charge is 2.06. The molecule has 1 saturated heterocycles. The molecule has 0 saturated carbocycles. The molecule has 1 heteroatoms. The molecule has 0 aromatic heterocycles. The molecule has 0 unspecified atom stereocenters. The first-order valence-electron chi connectivity index (χ1n) is 3.77. The Hall–Kier alpha value is -0.300. The van der Waals surface area contributed by atoms with E-state index in [2.05, 4.69) is 11.5 Å². The summed E-state index contributed by atoms with van der Waals surface area (Å²) >= 11 is 0. The maximum atomic E-state index is 3.71. The molecule has 0 aromatic carbocycles. The molecule has 52 valence electrons. The molecule has 0 atom stereocenters. The van der Waals surface area contributed by atoms with Crippen molar-refractivity contribution in [3.8, 4) is 0 Å². The standard InChI is InChI=1S/C8H15N/c1-2-6-9-7-4-3-5-8-9/h2H,1,3-8H2/i7+2. The van der Waals surface area contributed by atoms with E-state index >= 15 is 0 Å². The molecule has 0 aliphatic carbocycles. The lowest BCUT2D eigenvalue weighted by Crippen LogP contribution is -2.29. The van der Waals surface area contributed by atoms with E-state index in [1.54, 1.807) is 0 Å². The van der Waals surface area contributed by atoms with Crippen LogP contribution in [0.3, 0.4) is 0 Å². The van der Waals surface area contributed by atoms with Gasteiger partial charge in [-0.2, -0.15) is 0 Å². The van der Waals surface area contributed by atoms with Crippen molar-refractivity contribution < 1.29 is 0 Å². The summed E-state index contributed by atoms with van der Waals surface area (Å²) in [4.78, 5) is 2.45. The summed E-state index contributed by atoms with van der Waals surface area (Å²) in [6.07, 6.45) is 6.18. The van der Waals surface area contributed by atoms with Crippen LogP contribution in [0.25, 0.3) is 0 Å². The summed E-state index contributed by atoms with van der Waals surface area (Å²) in [5.41, 5.74) is 0. The van der Waals surface area contributed by atoms with Crippen molar-refractivity contribution in [2.45, 2.75) is 19.3 Å². The number of rotatable bonds is 2. The van der Waals surface area contributed by atoms with E-state index in [1.165, 1.54) is 32.4 Å². The van der Waals surface area contributed by atoms with Crippen molar-refractivity contribution in [1.82, 2.24) is 4.90 Å². The third kappa shape index (κ3) is 2.19. The van der Waals surface area contributed by atoms with E-state index < -0.39 is 0 Å². The molecule has 0 bridgehead atoms. The van der Waals surface area contributed by atoms with Crippen molar-refractivity contribution in [2.24, 2.45) is 0 Å². The molecule has 0 amide bonds. The van der Waals surface area contributed by atoms with E-state index in [1.807, 2.05) is 6.08 Å². The van der Waals surface area contributed by atoms with Gasteiger partial charge in [0.05, 0.1) is 0 Å². The second-order valence-corrected chi connectivity index (χ2v) is 2.65. The number of nitrogens with zero attached hydrogens (tertiary/aromatic N) is 1. The van der Waals surface area contributed by atoms with Gasteiger partial charge in [-0.1, -0.05) is 12.5 Å². The Labute approximate surface area is 57.4 Å². The highest BCUT2D eigenvalue weighted by Crippen LogP contribution is 2.07. The van der Waals surface area contributed by atoms with Gasteiger partial charge in [-0.3, -0.25) is 4.90 Å². The second kappa shape index (κ2) is 3.67. The van der Waals surface area contributed by atoms with Crippen molar-refractivity contribution in [2.75, 3.05) is 19.6 Å². The molecule has 0 radical (unpaired) electrons. The highest BCUT2D eigenvalue weighted by atomic mass is 15.5. The summed E-state index contributed by atoms with van der Waals surface area (Å²) in [5, 5.41) is 0. The molecule has 9 heavy (non-hydrogen) atoms. The summed E-state index contributed by atoms with van der Waals surface area (Å²) in [5.74, 6) is 0. The van der Waals surface area contributed by atoms with E-state index in [9.17, 15) is 0 Å². The lowest BCUT2D eigenvalue weighted by Gasteiger charge is -2.24. The largest absolute Gasteiger partial charge is 0.300 e. The third-order valence-electron chi connectivity index (χ3n) is 1.84. The molecular formula is C8H15N. The Morgan fingerprint density at radius 1 is 1.56 bits per heavy atom. The fourth-order valence-electron chi connectivity index (χ4n) is 1.32. The Morgan fingerprint density at radius 3 is 3.00 bits per heavy atom. The fourth-order valence-corrected chi connectivity index (χ4v) is 1.32. The Bertz CT molecular complexity index is 82.6. The first kappa shape index (κ1) is 6.81. The van der Waals surface area contributed by atoms with Crippen LogP contribution in [-0.4, -0.2) is 24.5 Å². The normalized spacial score (nSPS) is 21.8. The van der Waals surface area contributed by atoms with Gasteiger partial charge in [0.25, 0.3) is 0 Å². The maximum Gasteiger partial charge on any atom is 0.0160 e. The second-order valence-electron chi connectivity index (χ2n) is 2.65. The number of hydrogen-bond acceptors (Lipinski definition) is 1. The van der Waals surface area contributed by atoms with Crippen LogP contribution in [0.5, 0.6) is 0 Å². The Kier molecular flexibility index (Phi) is 2.78. The highest BCUT2D eigenvalue weighted by molar-refractivity contribution is 4.75. The predicted molar refractivity (Wildman–Crippen MR) is 40.5 cm³/mol. The van der Waals surface area contributed by atoms with Crippen LogP contribution in [0, 0.1) is 0 Å². The summed E-state index contributed by atoms with van der Waals surface area (Å²) in [6, 6.07) is 0. The molecule has 1 nitrogen and oxygen atoms in total. The lowest BCUT2D eigenvalue weighted by molar-refractivity contribution is 0.251. The zero-order valence-corrected chi connectivity index (χ0v) is 5.97. The van der Waals surface area contributed by atoms with Crippen molar-refractivity contribution in [3.63, 3.8) is 0 Å². The van der Waals surface area contributed by atoms with E-state index in [-0.39, 0.29) is 0 Å². The molecular weight excluding hydrogens is 112 g/mol. The van der Waals surface area contributed by atoms with E-state index in [4.69, 9.17) is 0 Å². The van der Waals surface area contributed by atoms with Crippen LogP contribution < -0.4 is 0 Å². The van der Waals surface area contributed by atoms with Crippen LogP contribution in [-0.2, 0) is 0 Å². The smallest absolute Gasteiger partial charge is 0.0160 e. The first-order chi connectivity index (χ1) is 4.43. The number of piperidine rings is 1. The van der Waals surface area contributed by atoms with Gasteiger partial charge in [0, 0.05) is 6.54 Å². The molecule has 1 aliphatic rings. The van der Waals surface area contributed by atoms with Crippen molar-refractivity contribution in [1.29, 1.82) is 0 Å². The molecule has 1 heterocycles.